The molecule has 0 aliphatic carbocycles. The van der Waals surface area contributed by atoms with Gasteiger partial charge in [-0.3, -0.25) is 0 Å². The molecule has 0 bridgehead atoms. The minimum absolute atomic E-state index is 0. The van der Waals surface area contributed by atoms with Crippen LogP contribution < -0.4 is 34.7 Å². The molecule has 4 heteroatoms. The van der Waals surface area contributed by atoms with Crippen LogP contribution in [-0.2, 0) is 4.79 Å². The summed E-state index contributed by atoms with van der Waals surface area (Å²) in [5.74, 6) is -1.08. The largest absolute Gasteiger partial charge is 1.00 e. The molecule has 0 rings (SSSR count). The van der Waals surface area contributed by atoms with Crippen molar-refractivity contribution in [1.82, 2.24) is 0 Å². The molecule has 0 aliphatic heterocycles. The number of hydrogen-bond acceptors (Lipinski definition) is 3. The maximum Gasteiger partial charge on any atom is 1.00 e. The van der Waals surface area contributed by atoms with Crippen molar-refractivity contribution in [1.29, 1.82) is 0 Å². The smallest absolute Gasteiger partial charge is 0.550 e. The van der Waals surface area contributed by atoms with Crippen molar-refractivity contribution in [2.24, 2.45) is 0 Å². The summed E-state index contributed by atoms with van der Waals surface area (Å²) >= 11 is 0. The van der Waals surface area contributed by atoms with Crippen LogP contribution in [0.15, 0.2) is 0 Å². The van der Waals surface area contributed by atoms with Gasteiger partial charge in [-0.15, -0.1) is 0 Å². The average Bonchev–Trinajstić information content (AvgIpc) is 1.87. The molecule has 0 amide bonds. The summed E-state index contributed by atoms with van der Waals surface area (Å²) in [5, 5.41) is 18.0. The molecule has 0 aliphatic rings. The molecule has 0 aromatic heterocycles. The summed E-state index contributed by atoms with van der Waals surface area (Å²) < 4.78 is 0. The van der Waals surface area contributed by atoms with Gasteiger partial charge in [-0.2, -0.15) is 0 Å². The van der Waals surface area contributed by atoms with Crippen molar-refractivity contribution < 1.29 is 44.6 Å². The van der Waals surface area contributed by atoms with Gasteiger partial charge >= 0.3 is 29.6 Å². The molecule has 0 heterocycles. The molecule has 1 N–H and O–H groups in total. The second-order valence-corrected chi connectivity index (χ2v) is 2.70. The Hall–Kier alpha value is 0.430. The molecule has 0 spiro atoms. The molecule has 0 aromatic carbocycles. The fraction of sp³-hybridized carbons (Fsp3) is 0.875. The van der Waals surface area contributed by atoms with Gasteiger partial charge in [-0.1, -0.05) is 13.8 Å². The van der Waals surface area contributed by atoms with Crippen molar-refractivity contribution in [3.63, 3.8) is 0 Å². The zero-order valence-electron chi connectivity index (χ0n) is 8.68. The van der Waals surface area contributed by atoms with Gasteiger partial charge in [0.05, 0.1) is 5.60 Å². The van der Waals surface area contributed by atoms with E-state index < -0.39 is 11.6 Å². The molecule has 0 atom stereocenters. The van der Waals surface area contributed by atoms with Crippen molar-refractivity contribution in [3.05, 3.63) is 0 Å². The monoisotopic (exact) mass is 184 g/mol. The van der Waals surface area contributed by atoms with Crippen LogP contribution in [0.5, 0.6) is 0 Å². The van der Waals surface area contributed by atoms with E-state index in [0.717, 1.165) is 19.8 Å². The SMILES string of the molecule is CC(=O)[O-].CCC(C)(O)CC.[Na+]. The van der Waals surface area contributed by atoms with Crippen molar-refractivity contribution in [2.75, 3.05) is 0 Å². The van der Waals surface area contributed by atoms with Crippen LogP contribution in [0, 0.1) is 0 Å². The van der Waals surface area contributed by atoms with Crippen molar-refractivity contribution in [3.8, 4) is 0 Å². The number of aliphatic carboxylic acids is 1. The fourth-order valence-electron chi connectivity index (χ4n) is 0.250. The molecule has 12 heavy (non-hydrogen) atoms. The summed E-state index contributed by atoms with van der Waals surface area (Å²) in [5.41, 5.74) is -0.417. The zero-order chi connectivity index (χ0) is 9.49. The van der Waals surface area contributed by atoms with Crippen LogP contribution in [0.25, 0.3) is 0 Å². The second kappa shape index (κ2) is 9.52. The molecule has 0 aromatic rings. The van der Waals surface area contributed by atoms with E-state index in [0.29, 0.717) is 0 Å². The van der Waals surface area contributed by atoms with Gasteiger partial charge in [0.15, 0.2) is 0 Å². The molecule has 0 radical (unpaired) electrons. The van der Waals surface area contributed by atoms with Gasteiger partial charge in [-0.05, 0) is 26.7 Å². The summed E-state index contributed by atoms with van der Waals surface area (Å²) in [6.45, 7) is 6.81. The Morgan fingerprint density at radius 2 is 1.58 bits per heavy atom. The summed E-state index contributed by atoms with van der Waals surface area (Å²) in [6.07, 6.45) is 1.70. The first-order valence-corrected chi connectivity index (χ1v) is 3.75. The first-order valence-electron chi connectivity index (χ1n) is 3.75. The summed E-state index contributed by atoms with van der Waals surface area (Å²) in [6, 6.07) is 0. The third-order valence-electron chi connectivity index (χ3n) is 1.52. The Morgan fingerprint density at radius 3 is 1.58 bits per heavy atom. The summed E-state index contributed by atoms with van der Waals surface area (Å²) in [4.78, 5) is 8.89. The van der Waals surface area contributed by atoms with E-state index in [1.54, 1.807) is 0 Å². The minimum atomic E-state index is -1.08. The molecule has 3 nitrogen and oxygen atoms in total. The number of hydrogen-bond donors (Lipinski definition) is 1. The number of carbonyl (C=O) groups excluding carboxylic acids is 1. The Labute approximate surface area is 96.5 Å². The molecule has 68 valence electrons. The third-order valence-corrected chi connectivity index (χ3v) is 1.52. The van der Waals surface area contributed by atoms with Gasteiger partial charge in [0.25, 0.3) is 0 Å². The zero-order valence-corrected chi connectivity index (χ0v) is 10.7. The third kappa shape index (κ3) is 22.4. The van der Waals surface area contributed by atoms with Gasteiger partial charge in [0.1, 0.15) is 0 Å². The van der Waals surface area contributed by atoms with E-state index >= 15 is 0 Å². The predicted molar refractivity (Wildman–Crippen MR) is 41.9 cm³/mol. The maximum atomic E-state index is 9.13. The molecule has 0 saturated carbocycles. The topological polar surface area (TPSA) is 60.4 Å². The Bertz CT molecular complexity index is 103. The van der Waals surface area contributed by atoms with Crippen LogP contribution >= 0.6 is 0 Å². The quantitative estimate of drug-likeness (QED) is 0.476. The van der Waals surface area contributed by atoms with E-state index in [1.165, 1.54) is 0 Å². The number of carboxylic acid groups (broad SMARTS) is 1. The molecular weight excluding hydrogens is 167 g/mol. The van der Waals surface area contributed by atoms with Crippen LogP contribution in [-0.4, -0.2) is 16.7 Å². The molecular formula is C8H17NaO3. The number of rotatable bonds is 2. The first kappa shape index (κ1) is 18.3. The number of carboxylic acids is 1. The van der Waals surface area contributed by atoms with Gasteiger partial charge in [0, 0.05) is 5.97 Å². The number of aliphatic hydroxyl groups is 1. The predicted octanol–water partition coefficient (Wildman–Crippen LogP) is -2.68. The Balaban J connectivity index is -0.000000142. The first-order chi connectivity index (χ1) is 4.85. The molecule has 0 saturated heterocycles. The van der Waals surface area contributed by atoms with Crippen LogP contribution in [0.3, 0.4) is 0 Å². The van der Waals surface area contributed by atoms with Crippen molar-refractivity contribution in [2.45, 2.75) is 46.1 Å². The van der Waals surface area contributed by atoms with Gasteiger partial charge in [0.2, 0.25) is 0 Å². The van der Waals surface area contributed by atoms with Crippen molar-refractivity contribution >= 4 is 5.97 Å². The maximum absolute atomic E-state index is 9.13. The fourth-order valence-corrected chi connectivity index (χ4v) is 0.250. The Morgan fingerprint density at radius 1 is 1.42 bits per heavy atom. The standard InChI is InChI=1S/C6H14O.C2H4O2.Na/c1-4-6(3,7)5-2;1-2(3)4;/h7H,4-5H2,1-3H3;1H3,(H,3,4);/q;;+1/p-1. The average molecular weight is 184 g/mol. The summed E-state index contributed by atoms with van der Waals surface area (Å²) in [7, 11) is 0. The van der Waals surface area contributed by atoms with Crippen LogP contribution in [0.2, 0.25) is 0 Å². The van der Waals surface area contributed by atoms with E-state index in [1.807, 2.05) is 20.8 Å². The molecule has 0 unspecified atom stereocenters. The normalized spacial score (nSPS) is 9.08. The van der Waals surface area contributed by atoms with Crippen LogP contribution in [0.1, 0.15) is 40.5 Å². The van der Waals surface area contributed by atoms with Gasteiger partial charge < -0.3 is 15.0 Å². The Kier molecular flexibility index (Phi) is 14.5. The van der Waals surface area contributed by atoms with E-state index in [2.05, 4.69) is 0 Å². The van der Waals surface area contributed by atoms with Crippen LogP contribution in [0.4, 0.5) is 0 Å². The van der Waals surface area contributed by atoms with E-state index in [9.17, 15) is 0 Å². The van der Waals surface area contributed by atoms with Gasteiger partial charge in [-0.25, -0.2) is 0 Å². The molecule has 0 fully saturated rings. The minimum Gasteiger partial charge on any atom is -0.550 e. The van der Waals surface area contributed by atoms with E-state index in [4.69, 9.17) is 15.0 Å². The van der Waals surface area contributed by atoms with E-state index in [-0.39, 0.29) is 29.6 Å². The number of carbonyl (C=O) groups is 1. The second-order valence-electron chi connectivity index (χ2n) is 2.70.